The predicted molar refractivity (Wildman–Crippen MR) is 180 cm³/mol. The number of nitrogens with one attached hydrogen (secondary N) is 1. The van der Waals surface area contributed by atoms with E-state index < -0.39 is 33.9 Å². The number of aliphatic hydroxyl groups excluding tert-OH is 1. The fourth-order valence-corrected chi connectivity index (χ4v) is 8.20. The number of aromatic nitrogens is 3. The minimum Gasteiger partial charge on any atom is -0.475 e. The number of pyridine rings is 2. The van der Waals surface area contributed by atoms with Crippen LogP contribution in [0.5, 0.6) is 0 Å². The normalized spacial score (nSPS) is 21.8. The zero-order valence-electron chi connectivity index (χ0n) is 28.0. The molecule has 280 valence electrons. The number of hydrogen-bond acceptors (Lipinski definition) is 11. The number of aliphatic hydroxyl groups is 1. The van der Waals surface area contributed by atoms with E-state index >= 15 is 4.39 Å². The average Bonchev–Trinajstić information content (AvgIpc) is 3.49. The molecule has 13 nitrogen and oxygen atoms in total. The van der Waals surface area contributed by atoms with Crippen LogP contribution in [0.4, 0.5) is 23.4 Å². The van der Waals surface area contributed by atoms with Crippen LogP contribution in [-0.4, -0.2) is 107 Å². The first-order valence-corrected chi connectivity index (χ1v) is 18.9. The summed E-state index contributed by atoms with van der Waals surface area (Å²) in [6.07, 6.45) is -0.448. The van der Waals surface area contributed by atoms with Crippen molar-refractivity contribution in [2.45, 2.75) is 76.4 Å². The Hall–Kier alpha value is -3.52. The molecule has 2 aliphatic heterocycles. The standard InChI is InChI=1S/C30H39FN6O5S2.C2HF3O2/c1-19(2)30(31)9-5-23-21(16-30)15-25-28(34-23)43-29(35-25)27(39)33-24(8-12-36-10-6-22(38)7-11-36)20-3-4-26(32-17-20)37-13-14-42-18-44(37,40)41;3-2(4,5)1(6)7/h3-4,15,17,19,22,24,38H,5-14,16,18H2,1-2H3,(H,33,39);(H,6,7)/t24-,30+;/m1./s1. The SMILES string of the molecule is CC(C)[C@]1(F)CCc2nc3sc(C(=O)N[C@H](CCN4CCC(O)CC4)c4ccc(N5CCOCS5(=O)=O)nc4)nc3cc2C1.O=C(O)C(F)(F)F. The third-order valence-electron chi connectivity index (χ3n) is 9.32. The Morgan fingerprint density at radius 1 is 1.18 bits per heavy atom. The number of alkyl halides is 4. The number of piperidine rings is 1. The smallest absolute Gasteiger partial charge is 0.475 e. The van der Waals surface area contributed by atoms with E-state index in [1.807, 2.05) is 19.9 Å². The van der Waals surface area contributed by atoms with Crippen molar-refractivity contribution in [1.82, 2.24) is 25.2 Å². The van der Waals surface area contributed by atoms with E-state index in [2.05, 4.69) is 20.2 Å². The first-order chi connectivity index (χ1) is 23.9. The van der Waals surface area contributed by atoms with Crippen molar-refractivity contribution in [1.29, 1.82) is 0 Å². The van der Waals surface area contributed by atoms with Gasteiger partial charge in [-0.1, -0.05) is 31.3 Å². The van der Waals surface area contributed by atoms with E-state index in [0.717, 1.165) is 29.9 Å². The summed E-state index contributed by atoms with van der Waals surface area (Å²) in [6, 6.07) is 4.92. The van der Waals surface area contributed by atoms with Gasteiger partial charge in [0.15, 0.2) is 10.9 Å². The van der Waals surface area contributed by atoms with E-state index in [4.69, 9.17) is 19.6 Å². The number of carbonyl (C=O) groups is 2. The van der Waals surface area contributed by atoms with E-state index in [0.29, 0.717) is 61.2 Å². The van der Waals surface area contributed by atoms with Gasteiger partial charge in [0.25, 0.3) is 15.9 Å². The average molecular weight is 761 g/mol. The molecule has 0 aromatic carbocycles. The number of nitrogens with zero attached hydrogens (tertiary/aromatic N) is 5. The summed E-state index contributed by atoms with van der Waals surface area (Å²) >= 11 is 1.22. The maximum atomic E-state index is 15.4. The number of halogens is 4. The second-order valence-electron chi connectivity index (χ2n) is 13.2. The Morgan fingerprint density at radius 2 is 1.88 bits per heavy atom. The third kappa shape index (κ3) is 9.48. The molecule has 0 saturated carbocycles. The minimum atomic E-state index is -5.08. The Morgan fingerprint density at radius 3 is 2.49 bits per heavy atom. The van der Waals surface area contributed by atoms with E-state index in [1.165, 1.54) is 15.6 Å². The molecule has 19 heteroatoms. The number of ether oxygens (including phenoxy) is 1. The molecule has 2 fully saturated rings. The van der Waals surface area contributed by atoms with E-state index in [9.17, 15) is 31.5 Å². The van der Waals surface area contributed by atoms with Gasteiger partial charge in [-0.25, -0.2) is 36.9 Å². The van der Waals surface area contributed by atoms with Gasteiger partial charge in [-0.05, 0) is 61.3 Å². The van der Waals surface area contributed by atoms with Crippen LogP contribution >= 0.6 is 11.3 Å². The van der Waals surface area contributed by atoms with Gasteiger partial charge in [0.05, 0.1) is 25.3 Å². The molecule has 3 aromatic heterocycles. The van der Waals surface area contributed by atoms with Gasteiger partial charge in [-0.15, -0.1) is 0 Å². The molecule has 5 heterocycles. The summed E-state index contributed by atoms with van der Waals surface area (Å²) in [4.78, 5) is 39.2. The van der Waals surface area contributed by atoms with Crippen LogP contribution in [-0.2, 0) is 32.4 Å². The van der Waals surface area contributed by atoms with Crippen molar-refractivity contribution in [2.24, 2.45) is 5.92 Å². The van der Waals surface area contributed by atoms with Crippen molar-refractivity contribution in [3.63, 3.8) is 0 Å². The molecule has 3 aromatic rings. The first-order valence-electron chi connectivity index (χ1n) is 16.5. The summed E-state index contributed by atoms with van der Waals surface area (Å²) in [5, 5.41) is 20.4. The van der Waals surface area contributed by atoms with E-state index in [-0.39, 0.29) is 42.0 Å². The molecule has 51 heavy (non-hydrogen) atoms. The molecule has 1 amide bonds. The number of aliphatic carboxylic acids is 1. The zero-order chi connectivity index (χ0) is 37.1. The lowest BCUT2D eigenvalue weighted by atomic mass is 9.77. The predicted octanol–water partition coefficient (Wildman–Crippen LogP) is 4.01. The largest absolute Gasteiger partial charge is 0.490 e. The van der Waals surface area contributed by atoms with Gasteiger partial charge in [0, 0.05) is 37.9 Å². The summed E-state index contributed by atoms with van der Waals surface area (Å²) in [6.45, 7) is 6.54. The monoisotopic (exact) mass is 760 g/mol. The molecule has 0 radical (unpaired) electrons. The lowest BCUT2D eigenvalue weighted by Crippen LogP contribution is -2.41. The summed E-state index contributed by atoms with van der Waals surface area (Å²) < 4.78 is 78.5. The summed E-state index contributed by atoms with van der Waals surface area (Å²) in [5.41, 5.74) is 1.80. The second kappa shape index (κ2) is 15.6. The van der Waals surface area contributed by atoms with Crippen LogP contribution < -0.4 is 9.62 Å². The number of carbonyl (C=O) groups excluding carboxylic acids is 1. The van der Waals surface area contributed by atoms with Crippen molar-refractivity contribution in [2.75, 3.05) is 43.0 Å². The first kappa shape index (κ1) is 38.7. The summed E-state index contributed by atoms with van der Waals surface area (Å²) in [5.74, 6) is -3.27. The highest BCUT2D eigenvalue weighted by Crippen LogP contribution is 2.38. The van der Waals surface area contributed by atoms with Crippen LogP contribution in [0.2, 0.25) is 0 Å². The number of carboxylic acids is 1. The number of rotatable bonds is 8. The van der Waals surface area contributed by atoms with Gasteiger partial charge in [0.2, 0.25) is 0 Å². The number of anilines is 1. The van der Waals surface area contributed by atoms with Gasteiger partial charge in [-0.3, -0.25) is 4.79 Å². The molecule has 3 N–H and O–H groups in total. The van der Waals surface area contributed by atoms with Crippen LogP contribution in [0.15, 0.2) is 24.4 Å². The highest BCUT2D eigenvalue weighted by molar-refractivity contribution is 7.92. The lowest BCUT2D eigenvalue weighted by molar-refractivity contribution is -0.192. The van der Waals surface area contributed by atoms with Gasteiger partial charge >= 0.3 is 12.1 Å². The molecule has 1 aliphatic carbocycles. The number of likely N-dealkylation sites (tertiary alicyclic amines) is 1. The molecule has 2 atom stereocenters. The number of sulfonamides is 1. The van der Waals surface area contributed by atoms with Crippen molar-refractivity contribution in [3.05, 3.63) is 46.2 Å². The van der Waals surface area contributed by atoms with Crippen molar-refractivity contribution >= 4 is 49.4 Å². The second-order valence-corrected chi connectivity index (χ2v) is 16.0. The Bertz CT molecular complexity index is 1820. The van der Waals surface area contributed by atoms with Gasteiger partial charge in [0.1, 0.15) is 21.8 Å². The van der Waals surface area contributed by atoms with Crippen LogP contribution in [0.1, 0.15) is 72.2 Å². The fraction of sp³-hybridized carbons (Fsp3) is 0.594. The van der Waals surface area contributed by atoms with Crippen molar-refractivity contribution < 1.29 is 50.5 Å². The highest BCUT2D eigenvalue weighted by Gasteiger charge is 2.39. The number of carboxylic acid groups (broad SMARTS) is 1. The fourth-order valence-electron chi connectivity index (χ4n) is 6.15. The van der Waals surface area contributed by atoms with Crippen LogP contribution in [0, 0.1) is 5.92 Å². The molecule has 0 unspecified atom stereocenters. The number of aryl methyl sites for hydroxylation is 1. The molecular formula is C32H40F4N6O7S2. The molecule has 2 saturated heterocycles. The number of thiazole rings is 1. The Balaban J connectivity index is 0.000000654. The molecular weight excluding hydrogens is 721 g/mol. The molecule has 0 bridgehead atoms. The lowest BCUT2D eigenvalue weighted by Gasteiger charge is -2.33. The Kier molecular flexibility index (Phi) is 11.8. The topological polar surface area (TPSA) is 175 Å². The maximum Gasteiger partial charge on any atom is 0.490 e. The number of hydrogen-bond donors (Lipinski definition) is 3. The van der Waals surface area contributed by atoms with Crippen LogP contribution in [0.3, 0.4) is 0 Å². The van der Waals surface area contributed by atoms with E-state index in [1.54, 1.807) is 18.3 Å². The third-order valence-corrected chi connectivity index (χ3v) is 11.8. The highest BCUT2D eigenvalue weighted by atomic mass is 32.2. The van der Waals surface area contributed by atoms with Crippen LogP contribution in [0.25, 0.3) is 10.3 Å². The number of fused-ring (bicyclic) bond motifs is 2. The van der Waals surface area contributed by atoms with Gasteiger partial charge < -0.3 is 25.2 Å². The Labute approximate surface area is 296 Å². The maximum absolute atomic E-state index is 15.4. The minimum absolute atomic E-state index is 0.100. The van der Waals surface area contributed by atoms with Gasteiger partial charge in [-0.2, -0.15) is 13.2 Å². The molecule has 6 rings (SSSR count). The quantitative estimate of drug-likeness (QED) is 0.283. The van der Waals surface area contributed by atoms with Crippen molar-refractivity contribution in [3.8, 4) is 0 Å². The summed E-state index contributed by atoms with van der Waals surface area (Å²) in [7, 11) is -3.61. The zero-order valence-corrected chi connectivity index (χ0v) is 29.7. The molecule has 0 spiro atoms. The molecule has 3 aliphatic rings. The number of amides is 1.